The molecule has 50 heavy (non-hydrogen) atoms. The summed E-state index contributed by atoms with van der Waals surface area (Å²) < 4.78 is 12.3. The van der Waals surface area contributed by atoms with Gasteiger partial charge in [0.25, 0.3) is 0 Å². The Morgan fingerprint density at radius 3 is 1.56 bits per heavy atom. The van der Waals surface area contributed by atoms with Gasteiger partial charge >= 0.3 is 0 Å². The first-order valence-electron chi connectivity index (χ1n) is 20.7. The second kappa shape index (κ2) is 18.1. The van der Waals surface area contributed by atoms with E-state index in [0.717, 1.165) is 36.3 Å². The summed E-state index contributed by atoms with van der Waals surface area (Å²) in [4.78, 5) is 0. The second-order valence-corrected chi connectivity index (χ2v) is 16.4. The van der Waals surface area contributed by atoms with Crippen LogP contribution in [0.2, 0.25) is 0 Å². The smallest absolute Gasteiger partial charge is 0.127 e. The maximum atomic E-state index is 6.19. The van der Waals surface area contributed by atoms with Gasteiger partial charge in [-0.05, 0) is 94.5 Å². The van der Waals surface area contributed by atoms with Crippen LogP contribution in [0.5, 0.6) is 11.5 Å². The molecule has 276 valence electrons. The molecule has 0 bridgehead atoms. The van der Waals surface area contributed by atoms with Crippen molar-refractivity contribution in [1.82, 2.24) is 0 Å². The highest BCUT2D eigenvalue weighted by atomic mass is 16.5. The first kappa shape index (κ1) is 40.0. The quantitative estimate of drug-likeness (QED) is 0.0983. The lowest BCUT2D eigenvalue weighted by Crippen LogP contribution is -2.26. The zero-order valence-corrected chi connectivity index (χ0v) is 34.0. The molecular weight excluding hydrogens is 609 g/mol. The zero-order valence-electron chi connectivity index (χ0n) is 34.0. The fourth-order valence-corrected chi connectivity index (χ4v) is 8.59. The van der Waals surface area contributed by atoms with E-state index in [9.17, 15) is 0 Å². The molecule has 4 rings (SSSR count). The predicted molar refractivity (Wildman–Crippen MR) is 218 cm³/mol. The van der Waals surface area contributed by atoms with E-state index in [1.807, 2.05) is 14.2 Å². The van der Waals surface area contributed by atoms with E-state index >= 15 is 0 Å². The maximum absolute atomic E-state index is 6.19. The van der Waals surface area contributed by atoms with Crippen molar-refractivity contribution < 1.29 is 9.47 Å². The molecule has 0 radical (unpaired) electrons. The van der Waals surface area contributed by atoms with Gasteiger partial charge in [0.1, 0.15) is 11.5 Å². The summed E-state index contributed by atoms with van der Waals surface area (Å²) in [7, 11) is 3.65. The lowest BCUT2D eigenvalue weighted by molar-refractivity contribution is 0.367. The van der Waals surface area contributed by atoms with Gasteiger partial charge < -0.3 is 9.47 Å². The Balaban J connectivity index is 1.89. The highest BCUT2D eigenvalue weighted by molar-refractivity contribution is 5.85. The minimum absolute atomic E-state index is 0.0241. The standard InChI is InChI=1S/C48H72O2/c1-11-16-18-20-22-24-30-48(31-25-23-21-19-17-12-2)41-32-36(26-28-38(41)39-29-27-37(33-42(39)48)46(6,7)13-3)40-34-45(50-10)43(35-44(40)49-9)47(8,14-4)15-5/h26-29,32-35H,11-25,30-31H2,1-10H3. The van der Waals surface area contributed by atoms with Gasteiger partial charge in [-0.3, -0.25) is 0 Å². The molecular formula is C48H72O2. The SMILES string of the molecule is CCCCCCCCC1(CCCCCCCC)c2cc(-c3cc(OC)c(C(C)(CC)CC)cc3OC)ccc2-c2ccc(C(C)(C)CC)cc21. The summed E-state index contributed by atoms with van der Waals surface area (Å²) in [5.74, 6) is 1.90. The molecule has 0 amide bonds. The van der Waals surface area contributed by atoms with Crippen molar-refractivity contribution in [2.75, 3.05) is 14.2 Å². The monoisotopic (exact) mass is 681 g/mol. The molecule has 1 aliphatic rings. The highest BCUT2D eigenvalue weighted by Crippen LogP contribution is 2.56. The van der Waals surface area contributed by atoms with Gasteiger partial charge in [-0.1, -0.05) is 163 Å². The van der Waals surface area contributed by atoms with E-state index in [1.165, 1.54) is 123 Å². The number of hydrogen-bond acceptors (Lipinski definition) is 2. The topological polar surface area (TPSA) is 18.5 Å². The van der Waals surface area contributed by atoms with Gasteiger partial charge in [-0.2, -0.15) is 0 Å². The third-order valence-electron chi connectivity index (χ3n) is 13.0. The van der Waals surface area contributed by atoms with Gasteiger partial charge in [0.05, 0.1) is 14.2 Å². The van der Waals surface area contributed by atoms with Gasteiger partial charge in [0, 0.05) is 16.5 Å². The largest absolute Gasteiger partial charge is 0.496 e. The lowest BCUT2D eigenvalue weighted by Gasteiger charge is -2.34. The summed E-state index contributed by atoms with van der Waals surface area (Å²) >= 11 is 0. The van der Waals surface area contributed by atoms with Crippen LogP contribution in [-0.2, 0) is 16.2 Å². The van der Waals surface area contributed by atoms with E-state index in [-0.39, 0.29) is 16.2 Å². The molecule has 0 aliphatic heterocycles. The summed E-state index contributed by atoms with van der Waals surface area (Å²) in [6.07, 6.45) is 21.6. The molecule has 3 aromatic carbocycles. The normalized spacial score (nSPS) is 13.7. The number of ether oxygens (including phenoxy) is 2. The molecule has 0 saturated heterocycles. The molecule has 0 unspecified atom stereocenters. The summed E-state index contributed by atoms with van der Waals surface area (Å²) in [6, 6.07) is 19.4. The number of fused-ring (bicyclic) bond motifs is 3. The van der Waals surface area contributed by atoms with E-state index in [2.05, 4.69) is 104 Å². The fraction of sp³-hybridized carbons (Fsp3) is 0.625. The molecule has 0 N–H and O–H groups in total. The second-order valence-electron chi connectivity index (χ2n) is 16.4. The molecule has 2 nitrogen and oxygen atoms in total. The number of rotatable bonds is 22. The van der Waals surface area contributed by atoms with E-state index in [1.54, 1.807) is 5.56 Å². The first-order chi connectivity index (χ1) is 24.1. The molecule has 1 aliphatic carbocycles. The summed E-state index contributed by atoms with van der Waals surface area (Å²) in [6.45, 7) is 18.7. The Bertz CT molecular complexity index is 1490. The van der Waals surface area contributed by atoms with Crippen LogP contribution in [0.4, 0.5) is 0 Å². The van der Waals surface area contributed by atoms with E-state index in [4.69, 9.17) is 9.47 Å². The first-order valence-corrected chi connectivity index (χ1v) is 20.7. The Morgan fingerprint density at radius 1 is 0.520 bits per heavy atom. The summed E-state index contributed by atoms with van der Waals surface area (Å²) in [5, 5.41) is 0. The highest BCUT2D eigenvalue weighted by Gasteiger charge is 2.43. The maximum Gasteiger partial charge on any atom is 0.127 e. The minimum Gasteiger partial charge on any atom is -0.496 e. The Labute approximate surface area is 308 Å². The van der Waals surface area contributed by atoms with Crippen LogP contribution in [0, 0.1) is 0 Å². The van der Waals surface area contributed by atoms with Crippen LogP contribution in [0.1, 0.15) is 187 Å². The van der Waals surface area contributed by atoms with E-state index < -0.39 is 0 Å². The molecule has 3 aromatic rings. The lowest BCUT2D eigenvalue weighted by atomic mass is 9.69. The molecule has 0 saturated carbocycles. The van der Waals surface area contributed by atoms with Crippen LogP contribution in [0.25, 0.3) is 22.3 Å². The number of unbranched alkanes of at least 4 members (excludes halogenated alkanes) is 10. The van der Waals surface area contributed by atoms with Crippen LogP contribution >= 0.6 is 0 Å². The molecule has 0 heterocycles. The molecule has 0 aromatic heterocycles. The molecule has 0 spiro atoms. The Hall–Kier alpha value is -2.74. The van der Waals surface area contributed by atoms with Crippen LogP contribution in [0.3, 0.4) is 0 Å². The van der Waals surface area contributed by atoms with Crippen molar-refractivity contribution in [3.8, 4) is 33.8 Å². The Morgan fingerprint density at radius 2 is 1.04 bits per heavy atom. The fourth-order valence-electron chi connectivity index (χ4n) is 8.59. The van der Waals surface area contributed by atoms with E-state index in [0.29, 0.717) is 0 Å². The third kappa shape index (κ3) is 8.48. The van der Waals surface area contributed by atoms with Crippen LogP contribution in [-0.4, -0.2) is 14.2 Å². The Kier molecular flexibility index (Phi) is 14.5. The predicted octanol–water partition coefficient (Wildman–Crippen LogP) is 14.9. The minimum atomic E-state index is 0.0241. The number of methoxy groups -OCH3 is 2. The molecule has 0 fully saturated rings. The average Bonchev–Trinajstić information content (AvgIpc) is 3.41. The number of benzene rings is 3. The molecule has 0 atom stereocenters. The van der Waals surface area contributed by atoms with Gasteiger partial charge in [-0.25, -0.2) is 0 Å². The average molecular weight is 681 g/mol. The van der Waals surface area contributed by atoms with Crippen molar-refractivity contribution >= 4 is 0 Å². The van der Waals surface area contributed by atoms with Crippen molar-refractivity contribution in [3.05, 3.63) is 70.8 Å². The zero-order chi connectivity index (χ0) is 36.4. The summed E-state index contributed by atoms with van der Waals surface area (Å²) in [5.41, 5.74) is 11.3. The number of hydrogen-bond donors (Lipinski definition) is 0. The van der Waals surface area contributed by atoms with Crippen LogP contribution in [0.15, 0.2) is 48.5 Å². The van der Waals surface area contributed by atoms with Gasteiger partial charge in [-0.15, -0.1) is 0 Å². The van der Waals surface area contributed by atoms with Crippen molar-refractivity contribution in [3.63, 3.8) is 0 Å². The van der Waals surface area contributed by atoms with Crippen LogP contribution < -0.4 is 9.47 Å². The van der Waals surface area contributed by atoms with Crippen molar-refractivity contribution in [2.45, 2.75) is 181 Å². The van der Waals surface area contributed by atoms with Crippen molar-refractivity contribution in [2.24, 2.45) is 0 Å². The van der Waals surface area contributed by atoms with Crippen molar-refractivity contribution in [1.29, 1.82) is 0 Å². The third-order valence-corrected chi connectivity index (χ3v) is 13.0. The molecule has 2 heteroatoms. The van der Waals surface area contributed by atoms with Gasteiger partial charge in [0.2, 0.25) is 0 Å². The van der Waals surface area contributed by atoms with Gasteiger partial charge in [0.15, 0.2) is 0 Å².